The lowest BCUT2D eigenvalue weighted by Crippen LogP contribution is -2.34. The number of hydrogen-bond acceptors (Lipinski definition) is 6. The highest BCUT2D eigenvalue weighted by Crippen LogP contribution is 2.22. The van der Waals surface area contributed by atoms with Crippen molar-refractivity contribution in [2.45, 2.75) is 32.7 Å². The molecule has 2 heterocycles. The molecule has 0 aliphatic rings. The third-order valence-electron chi connectivity index (χ3n) is 5.19. The van der Waals surface area contributed by atoms with Crippen LogP contribution in [0.2, 0.25) is 0 Å². The second-order valence-electron chi connectivity index (χ2n) is 7.29. The first-order valence-electron chi connectivity index (χ1n) is 9.63. The summed E-state index contributed by atoms with van der Waals surface area (Å²) in [5, 5.41) is 7.27. The van der Waals surface area contributed by atoms with E-state index in [9.17, 15) is 4.79 Å². The molecule has 0 aliphatic heterocycles. The Bertz CT molecular complexity index is 998. The molecule has 0 saturated heterocycles. The molecular formula is C21H28N6O2. The van der Waals surface area contributed by atoms with Crippen molar-refractivity contribution in [3.8, 4) is 5.75 Å². The molecule has 29 heavy (non-hydrogen) atoms. The van der Waals surface area contributed by atoms with Gasteiger partial charge in [0.25, 0.3) is 5.78 Å². The van der Waals surface area contributed by atoms with Crippen LogP contribution in [0, 0.1) is 13.8 Å². The number of carbonyl (C=O) groups is 1. The van der Waals surface area contributed by atoms with Gasteiger partial charge in [-0.15, -0.1) is 0 Å². The Labute approximate surface area is 170 Å². The number of carbonyl (C=O) groups excluding carboxylic acids is 1. The number of likely N-dealkylation sites (N-methyl/N-ethyl adjacent to an activating group) is 1. The molecule has 1 atom stereocenters. The van der Waals surface area contributed by atoms with Crippen molar-refractivity contribution in [1.82, 2.24) is 29.8 Å². The summed E-state index contributed by atoms with van der Waals surface area (Å²) in [6, 6.07) is 7.99. The van der Waals surface area contributed by atoms with Gasteiger partial charge in [0, 0.05) is 24.4 Å². The van der Waals surface area contributed by atoms with Crippen LogP contribution in [0.25, 0.3) is 5.78 Å². The highest BCUT2D eigenvalue weighted by Gasteiger charge is 2.17. The maximum absolute atomic E-state index is 12.5. The summed E-state index contributed by atoms with van der Waals surface area (Å²) < 4.78 is 7.04. The van der Waals surface area contributed by atoms with Crippen LogP contribution in [0.5, 0.6) is 5.75 Å². The lowest BCUT2D eigenvalue weighted by Gasteiger charge is -2.25. The van der Waals surface area contributed by atoms with Gasteiger partial charge in [-0.25, -0.2) is 9.50 Å². The summed E-state index contributed by atoms with van der Waals surface area (Å²) in [6.45, 7) is 4.45. The number of hydrogen-bond donors (Lipinski definition) is 1. The molecule has 0 bridgehead atoms. The van der Waals surface area contributed by atoms with Crippen LogP contribution in [-0.2, 0) is 11.2 Å². The molecule has 0 saturated carbocycles. The number of aromatic nitrogens is 4. The molecule has 154 valence electrons. The topological polar surface area (TPSA) is 84.6 Å². The van der Waals surface area contributed by atoms with E-state index in [2.05, 4.69) is 25.3 Å². The molecule has 1 unspecified atom stereocenters. The number of fused-ring (bicyclic) bond motifs is 1. The molecule has 0 fully saturated rings. The molecule has 1 aromatic carbocycles. The Morgan fingerprint density at radius 2 is 2.10 bits per heavy atom. The minimum atomic E-state index is 0.0113. The summed E-state index contributed by atoms with van der Waals surface area (Å²) in [4.78, 5) is 23.2. The summed E-state index contributed by atoms with van der Waals surface area (Å²) in [6.07, 6.45) is 2.49. The quantitative estimate of drug-likeness (QED) is 0.628. The average Bonchev–Trinajstić information content (AvgIpc) is 3.16. The predicted octanol–water partition coefficient (Wildman–Crippen LogP) is 2.10. The van der Waals surface area contributed by atoms with Gasteiger partial charge in [0.05, 0.1) is 13.2 Å². The molecule has 8 nitrogen and oxygen atoms in total. The van der Waals surface area contributed by atoms with E-state index < -0.39 is 0 Å². The van der Waals surface area contributed by atoms with Crippen molar-refractivity contribution in [3.63, 3.8) is 0 Å². The van der Waals surface area contributed by atoms with Crippen LogP contribution in [0.1, 0.15) is 35.0 Å². The lowest BCUT2D eigenvalue weighted by molar-refractivity contribution is -0.121. The van der Waals surface area contributed by atoms with E-state index in [0.29, 0.717) is 25.2 Å². The number of rotatable bonds is 8. The summed E-state index contributed by atoms with van der Waals surface area (Å²) in [7, 11) is 5.66. The van der Waals surface area contributed by atoms with Crippen molar-refractivity contribution in [2.75, 3.05) is 27.7 Å². The van der Waals surface area contributed by atoms with Crippen LogP contribution < -0.4 is 10.1 Å². The van der Waals surface area contributed by atoms with Gasteiger partial charge in [0.15, 0.2) is 0 Å². The third kappa shape index (κ3) is 4.71. The van der Waals surface area contributed by atoms with Crippen LogP contribution in [0.3, 0.4) is 0 Å². The van der Waals surface area contributed by atoms with E-state index in [1.54, 1.807) is 11.6 Å². The number of ether oxygens (including phenoxy) is 1. The monoisotopic (exact) mass is 396 g/mol. The second-order valence-corrected chi connectivity index (χ2v) is 7.29. The first-order valence-corrected chi connectivity index (χ1v) is 9.63. The minimum Gasteiger partial charge on any atom is -0.497 e. The van der Waals surface area contributed by atoms with E-state index in [1.165, 1.54) is 6.33 Å². The molecule has 8 heteroatoms. The molecule has 0 aliphatic carbocycles. The van der Waals surface area contributed by atoms with Gasteiger partial charge in [0.2, 0.25) is 5.91 Å². The van der Waals surface area contributed by atoms with Gasteiger partial charge < -0.3 is 15.0 Å². The zero-order chi connectivity index (χ0) is 21.0. The molecule has 0 radical (unpaired) electrons. The molecule has 0 spiro atoms. The molecule has 1 amide bonds. The molecule has 1 N–H and O–H groups in total. The molecule has 3 rings (SSSR count). The van der Waals surface area contributed by atoms with Crippen LogP contribution >= 0.6 is 0 Å². The SMILES string of the molecule is COc1cccc(C(CNC(=O)CCc2c(C)nc3ncnn3c2C)N(C)C)c1. The maximum atomic E-state index is 12.5. The number of benzene rings is 1. The Balaban J connectivity index is 1.63. The van der Waals surface area contributed by atoms with E-state index in [4.69, 9.17) is 4.74 Å². The van der Waals surface area contributed by atoms with Gasteiger partial charge in [-0.2, -0.15) is 10.1 Å². The van der Waals surface area contributed by atoms with Gasteiger partial charge in [0.1, 0.15) is 12.1 Å². The Kier molecular flexibility index (Phi) is 6.43. The van der Waals surface area contributed by atoms with Gasteiger partial charge in [-0.05, 0) is 57.6 Å². The van der Waals surface area contributed by atoms with Gasteiger partial charge >= 0.3 is 0 Å². The molecular weight excluding hydrogens is 368 g/mol. The number of nitrogens with one attached hydrogen (secondary N) is 1. The van der Waals surface area contributed by atoms with Crippen LogP contribution in [-0.4, -0.2) is 58.1 Å². The van der Waals surface area contributed by atoms with Crippen molar-refractivity contribution >= 4 is 11.7 Å². The van der Waals surface area contributed by atoms with Crippen molar-refractivity contribution in [3.05, 3.63) is 53.1 Å². The minimum absolute atomic E-state index is 0.0113. The zero-order valence-electron chi connectivity index (χ0n) is 17.6. The highest BCUT2D eigenvalue weighted by atomic mass is 16.5. The fourth-order valence-corrected chi connectivity index (χ4v) is 3.50. The van der Waals surface area contributed by atoms with Crippen LogP contribution in [0.15, 0.2) is 30.6 Å². The number of aryl methyl sites for hydroxylation is 2. The fraction of sp³-hybridized carbons (Fsp3) is 0.429. The Hall–Kier alpha value is -3.00. The smallest absolute Gasteiger partial charge is 0.252 e. The first kappa shape index (κ1) is 20.7. The van der Waals surface area contributed by atoms with Crippen molar-refractivity contribution in [1.29, 1.82) is 0 Å². The number of amides is 1. The Morgan fingerprint density at radius 1 is 1.31 bits per heavy atom. The zero-order valence-corrected chi connectivity index (χ0v) is 17.6. The normalized spacial score (nSPS) is 12.3. The second kappa shape index (κ2) is 9.00. The largest absolute Gasteiger partial charge is 0.497 e. The highest BCUT2D eigenvalue weighted by molar-refractivity contribution is 5.76. The Morgan fingerprint density at radius 3 is 2.83 bits per heavy atom. The fourth-order valence-electron chi connectivity index (χ4n) is 3.50. The maximum Gasteiger partial charge on any atom is 0.252 e. The number of methoxy groups -OCH3 is 1. The summed E-state index contributed by atoms with van der Waals surface area (Å²) in [5.41, 5.74) is 4.00. The third-order valence-corrected chi connectivity index (χ3v) is 5.19. The van der Waals surface area contributed by atoms with E-state index in [1.807, 2.05) is 52.2 Å². The van der Waals surface area contributed by atoms with Crippen molar-refractivity contribution < 1.29 is 9.53 Å². The predicted molar refractivity (Wildman–Crippen MR) is 111 cm³/mol. The van der Waals surface area contributed by atoms with Crippen molar-refractivity contribution in [2.24, 2.45) is 0 Å². The lowest BCUT2D eigenvalue weighted by atomic mass is 10.0. The molecule has 3 aromatic rings. The summed E-state index contributed by atoms with van der Waals surface area (Å²) >= 11 is 0. The van der Waals surface area contributed by atoms with Gasteiger partial charge in [-0.3, -0.25) is 4.79 Å². The van der Waals surface area contributed by atoms with Gasteiger partial charge in [-0.1, -0.05) is 12.1 Å². The van der Waals surface area contributed by atoms with E-state index >= 15 is 0 Å². The summed E-state index contributed by atoms with van der Waals surface area (Å²) in [5.74, 6) is 1.40. The first-order chi connectivity index (χ1) is 13.9. The standard InChI is InChI=1S/C21H28N6O2/c1-14-18(15(2)27-21(25-14)23-13-24-27)9-10-20(28)22-12-19(26(3)4)16-7-6-8-17(11-16)29-5/h6-8,11,13,19H,9-10,12H2,1-5H3,(H,22,28). The average molecular weight is 396 g/mol. The van der Waals surface area contributed by atoms with Crippen LogP contribution in [0.4, 0.5) is 0 Å². The van der Waals surface area contributed by atoms with E-state index in [-0.39, 0.29) is 11.9 Å². The van der Waals surface area contributed by atoms with E-state index in [0.717, 1.165) is 28.3 Å². The number of nitrogens with zero attached hydrogens (tertiary/aromatic N) is 5. The molecule has 2 aromatic heterocycles.